The SMILES string of the molecule is C[C@@H](O)c1cc(Cl)ccc1OCc1ccc(CO)cc1. The molecule has 0 aliphatic heterocycles. The van der Waals surface area contributed by atoms with E-state index in [0.717, 1.165) is 11.1 Å². The predicted molar refractivity (Wildman–Crippen MR) is 78.8 cm³/mol. The summed E-state index contributed by atoms with van der Waals surface area (Å²) in [4.78, 5) is 0. The smallest absolute Gasteiger partial charge is 0.125 e. The highest BCUT2D eigenvalue weighted by Gasteiger charge is 2.10. The summed E-state index contributed by atoms with van der Waals surface area (Å²) in [5.74, 6) is 0.621. The van der Waals surface area contributed by atoms with E-state index >= 15 is 0 Å². The monoisotopic (exact) mass is 292 g/mol. The molecule has 0 amide bonds. The topological polar surface area (TPSA) is 49.7 Å². The lowest BCUT2D eigenvalue weighted by Gasteiger charge is -2.14. The zero-order valence-corrected chi connectivity index (χ0v) is 12.0. The van der Waals surface area contributed by atoms with Gasteiger partial charge in [-0.1, -0.05) is 35.9 Å². The third-order valence-electron chi connectivity index (χ3n) is 3.02. The Morgan fingerprint density at radius 3 is 2.35 bits per heavy atom. The van der Waals surface area contributed by atoms with Crippen LogP contribution in [0.25, 0.3) is 0 Å². The Bertz CT molecular complexity index is 564. The Morgan fingerprint density at radius 2 is 1.75 bits per heavy atom. The lowest BCUT2D eigenvalue weighted by Crippen LogP contribution is -2.01. The molecule has 0 bridgehead atoms. The quantitative estimate of drug-likeness (QED) is 0.887. The van der Waals surface area contributed by atoms with Gasteiger partial charge >= 0.3 is 0 Å². The summed E-state index contributed by atoms with van der Waals surface area (Å²) < 4.78 is 5.73. The van der Waals surface area contributed by atoms with Gasteiger partial charge in [0, 0.05) is 10.6 Å². The van der Waals surface area contributed by atoms with Crippen LogP contribution in [0.1, 0.15) is 29.7 Å². The molecular weight excluding hydrogens is 276 g/mol. The molecule has 3 nitrogen and oxygen atoms in total. The van der Waals surface area contributed by atoms with Gasteiger partial charge in [0.25, 0.3) is 0 Å². The molecular formula is C16H17ClO3. The molecule has 106 valence electrons. The molecule has 0 aliphatic carbocycles. The van der Waals surface area contributed by atoms with Crippen molar-refractivity contribution in [3.05, 3.63) is 64.2 Å². The van der Waals surface area contributed by atoms with Crippen LogP contribution in [-0.4, -0.2) is 10.2 Å². The molecule has 2 aromatic carbocycles. The largest absolute Gasteiger partial charge is 0.489 e. The first-order valence-corrected chi connectivity index (χ1v) is 6.77. The summed E-state index contributed by atoms with van der Waals surface area (Å²) in [6.07, 6.45) is -0.638. The number of aliphatic hydroxyl groups excluding tert-OH is 2. The van der Waals surface area contributed by atoms with Crippen molar-refractivity contribution in [3.8, 4) is 5.75 Å². The Labute approximate surface area is 123 Å². The maximum Gasteiger partial charge on any atom is 0.125 e. The van der Waals surface area contributed by atoms with Gasteiger partial charge in [0.2, 0.25) is 0 Å². The Kier molecular flexibility index (Phi) is 5.01. The molecule has 0 radical (unpaired) electrons. The van der Waals surface area contributed by atoms with Gasteiger partial charge in [0.05, 0.1) is 12.7 Å². The molecule has 20 heavy (non-hydrogen) atoms. The molecule has 2 aromatic rings. The van der Waals surface area contributed by atoms with E-state index in [1.807, 2.05) is 24.3 Å². The fourth-order valence-electron chi connectivity index (χ4n) is 1.88. The third kappa shape index (κ3) is 3.73. The molecule has 1 atom stereocenters. The molecule has 2 rings (SSSR count). The van der Waals surface area contributed by atoms with Crippen LogP contribution >= 0.6 is 11.6 Å². The summed E-state index contributed by atoms with van der Waals surface area (Å²) in [7, 11) is 0. The van der Waals surface area contributed by atoms with E-state index in [-0.39, 0.29) is 6.61 Å². The summed E-state index contributed by atoms with van der Waals surface area (Å²) in [5.41, 5.74) is 2.53. The van der Waals surface area contributed by atoms with E-state index in [4.69, 9.17) is 21.4 Å². The zero-order valence-electron chi connectivity index (χ0n) is 11.2. The third-order valence-corrected chi connectivity index (χ3v) is 3.26. The Hall–Kier alpha value is -1.55. The number of rotatable bonds is 5. The first-order chi connectivity index (χ1) is 9.60. The molecule has 0 saturated heterocycles. The highest BCUT2D eigenvalue weighted by molar-refractivity contribution is 6.30. The number of halogens is 1. The molecule has 0 unspecified atom stereocenters. The molecule has 0 fully saturated rings. The average molecular weight is 293 g/mol. The second-order valence-electron chi connectivity index (χ2n) is 4.62. The first kappa shape index (κ1) is 14.9. The van der Waals surface area contributed by atoms with Crippen molar-refractivity contribution in [3.63, 3.8) is 0 Å². The molecule has 0 aliphatic rings. The standard InChI is InChI=1S/C16H17ClO3/c1-11(19)15-8-14(17)6-7-16(15)20-10-13-4-2-12(9-18)3-5-13/h2-8,11,18-19H,9-10H2,1H3/t11-/m1/s1. The summed E-state index contributed by atoms with van der Waals surface area (Å²) in [6.45, 7) is 2.10. The number of hydrogen-bond acceptors (Lipinski definition) is 3. The van der Waals surface area contributed by atoms with Gasteiger partial charge in [0.15, 0.2) is 0 Å². The van der Waals surface area contributed by atoms with Crippen molar-refractivity contribution in [1.82, 2.24) is 0 Å². The Balaban J connectivity index is 2.10. The fourth-order valence-corrected chi connectivity index (χ4v) is 2.06. The highest BCUT2D eigenvalue weighted by Crippen LogP contribution is 2.28. The first-order valence-electron chi connectivity index (χ1n) is 6.39. The highest BCUT2D eigenvalue weighted by atomic mass is 35.5. The van der Waals surface area contributed by atoms with E-state index in [9.17, 15) is 5.11 Å². The zero-order chi connectivity index (χ0) is 14.5. The van der Waals surface area contributed by atoms with E-state index < -0.39 is 6.10 Å². The van der Waals surface area contributed by atoms with Crippen LogP contribution in [0.3, 0.4) is 0 Å². The maximum absolute atomic E-state index is 9.73. The molecule has 2 N–H and O–H groups in total. The second kappa shape index (κ2) is 6.75. The lowest BCUT2D eigenvalue weighted by atomic mass is 10.1. The van der Waals surface area contributed by atoms with E-state index in [1.165, 1.54) is 0 Å². The van der Waals surface area contributed by atoms with Gasteiger partial charge in [0.1, 0.15) is 12.4 Å². The van der Waals surface area contributed by atoms with Gasteiger partial charge in [-0.3, -0.25) is 0 Å². The van der Waals surface area contributed by atoms with E-state index in [1.54, 1.807) is 25.1 Å². The van der Waals surface area contributed by atoms with Crippen LogP contribution in [0.2, 0.25) is 5.02 Å². The summed E-state index contributed by atoms with van der Waals surface area (Å²) in [5, 5.41) is 19.3. The molecule has 0 saturated carbocycles. The molecule has 0 aromatic heterocycles. The number of benzene rings is 2. The van der Waals surface area contributed by atoms with Crippen molar-refractivity contribution in [2.24, 2.45) is 0 Å². The summed E-state index contributed by atoms with van der Waals surface area (Å²) >= 11 is 5.92. The van der Waals surface area contributed by atoms with E-state index in [0.29, 0.717) is 22.9 Å². The normalized spacial score (nSPS) is 12.2. The van der Waals surface area contributed by atoms with Gasteiger partial charge < -0.3 is 14.9 Å². The number of hydrogen-bond donors (Lipinski definition) is 2. The minimum atomic E-state index is -0.638. The second-order valence-corrected chi connectivity index (χ2v) is 5.06. The minimum absolute atomic E-state index is 0.0322. The number of ether oxygens (including phenoxy) is 1. The van der Waals surface area contributed by atoms with Crippen molar-refractivity contribution < 1.29 is 14.9 Å². The van der Waals surface area contributed by atoms with Crippen molar-refractivity contribution in [2.75, 3.05) is 0 Å². The van der Waals surface area contributed by atoms with Crippen LogP contribution in [-0.2, 0) is 13.2 Å². The maximum atomic E-state index is 9.73. The predicted octanol–water partition coefficient (Wildman–Crippen LogP) is 3.46. The Morgan fingerprint density at radius 1 is 1.10 bits per heavy atom. The number of aliphatic hydroxyl groups is 2. The van der Waals surface area contributed by atoms with Crippen LogP contribution in [0.5, 0.6) is 5.75 Å². The lowest BCUT2D eigenvalue weighted by molar-refractivity contribution is 0.190. The fraction of sp³-hybridized carbons (Fsp3) is 0.250. The van der Waals surface area contributed by atoms with Gasteiger partial charge in [-0.25, -0.2) is 0 Å². The van der Waals surface area contributed by atoms with Gasteiger partial charge in [-0.05, 0) is 36.2 Å². The van der Waals surface area contributed by atoms with E-state index in [2.05, 4.69) is 0 Å². The van der Waals surface area contributed by atoms with Gasteiger partial charge in [-0.15, -0.1) is 0 Å². The van der Waals surface area contributed by atoms with Crippen LogP contribution in [0, 0.1) is 0 Å². The molecule has 0 heterocycles. The average Bonchev–Trinajstić information content (AvgIpc) is 2.46. The molecule has 4 heteroatoms. The van der Waals surface area contributed by atoms with Crippen molar-refractivity contribution in [1.29, 1.82) is 0 Å². The molecule has 0 spiro atoms. The van der Waals surface area contributed by atoms with Crippen LogP contribution in [0.15, 0.2) is 42.5 Å². The summed E-state index contributed by atoms with van der Waals surface area (Å²) in [6, 6.07) is 12.7. The minimum Gasteiger partial charge on any atom is -0.489 e. The van der Waals surface area contributed by atoms with Crippen molar-refractivity contribution >= 4 is 11.6 Å². The van der Waals surface area contributed by atoms with Gasteiger partial charge in [-0.2, -0.15) is 0 Å². The van der Waals surface area contributed by atoms with Crippen molar-refractivity contribution in [2.45, 2.75) is 26.2 Å². The van der Waals surface area contributed by atoms with Crippen LogP contribution < -0.4 is 4.74 Å². The van der Waals surface area contributed by atoms with Crippen LogP contribution in [0.4, 0.5) is 0 Å².